The third-order valence-corrected chi connectivity index (χ3v) is 3.99. The molecule has 0 spiro atoms. The normalized spacial score (nSPS) is 13.6. The molecule has 0 bridgehead atoms. The first-order chi connectivity index (χ1) is 10.6. The van der Waals surface area contributed by atoms with Crippen LogP contribution in [0.4, 0.5) is 0 Å². The van der Waals surface area contributed by atoms with Crippen molar-refractivity contribution in [3.63, 3.8) is 0 Å². The minimum absolute atomic E-state index is 0.216. The lowest BCUT2D eigenvalue weighted by molar-refractivity contribution is 0.170. The number of hydrogen-bond donors (Lipinski definition) is 2. The highest BCUT2D eigenvalue weighted by atomic mass is 35.5. The van der Waals surface area contributed by atoms with Crippen molar-refractivity contribution < 1.29 is 9.84 Å². The Morgan fingerprint density at radius 3 is 2.55 bits per heavy atom. The lowest BCUT2D eigenvalue weighted by Gasteiger charge is -2.19. The molecular formula is C18H22ClNO2. The van der Waals surface area contributed by atoms with E-state index in [0.29, 0.717) is 11.6 Å². The fourth-order valence-electron chi connectivity index (χ4n) is 2.44. The van der Waals surface area contributed by atoms with Crippen molar-refractivity contribution in [2.24, 2.45) is 0 Å². The van der Waals surface area contributed by atoms with Gasteiger partial charge in [0.15, 0.2) is 0 Å². The average Bonchev–Trinajstić information content (AvgIpc) is 2.53. The van der Waals surface area contributed by atoms with Gasteiger partial charge in [-0.05, 0) is 31.0 Å². The standard InChI is InChI=1S/C18H22ClNO2/c1-13(11-14-7-3-6-10-18(14)22-2)20-12-17(21)15-8-4-5-9-16(15)19/h3-10,13,17,20-21H,11-12H2,1-2H3/t13-,17+/m1/s1. The van der Waals surface area contributed by atoms with E-state index in [-0.39, 0.29) is 6.04 Å². The van der Waals surface area contributed by atoms with Crippen molar-refractivity contribution in [2.45, 2.75) is 25.5 Å². The molecule has 4 heteroatoms. The number of rotatable bonds is 7. The summed E-state index contributed by atoms with van der Waals surface area (Å²) in [5.74, 6) is 0.891. The summed E-state index contributed by atoms with van der Waals surface area (Å²) in [6.45, 7) is 2.55. The molecule has 0 aliphatic heterocycles. The Bertz CT molecular complexity index is 603. The van der Waals surface area contributed by atoms with Gasteiger partial charge in [-0.25, -0.2) is 0 Å². The predicted octanol–water partition coefficient (Wildman–Crippen LogP) is 3.60. The van der Waals surface area contributed by atoms with Crippen molar-refractivity contribution in [1.82, 2.24) is 5.32 Å². The van der Waals surface area contributed by atoms with Crippen molar-refractivity contribution in [3.05, 3.63) is 64.7 Å². The van der Waals surface area contributed by atoms with Crippen molar-refractivity contribution in [1.29, 1.82) is 0 Å². The molecule has 0 aromatic heterocycles. The zero-order chi connectivity index (χ0) is 15.9. The first-order valence-electron chi connectivity index (χ1n) is 7.39. The van der Waals surface area contributed by atoms with Crippen molar-refractivity contribution in [3.8, 4) is 5.75 Å². The molecule has 2 aromatic carbocycles. The van der Waals surface area contributed by atoms with Crippen LogP contribution in [0.25, 0.3) is 0 Å². The predicted molar refractivity (Wildman–Crippen MR) is 90.6 cm³/mol. The van der Waals surface area contributed by atoms with Crippen LogP contribution in [0.3, 0.4) is 0 Å². The van der Waals surface area contributed by atoms with Crippen LogP contribution in [0.15, 0.2) is 48.5 Å². The van der Waals surface area contributed by atoms with E-state index in [1.807, 2.05) is 36.4 Å². The summed E-state index contributed by atoms with van der Waals surface area (Å²) in [6.07, 6.45) is 0.216. The summed E-state index contributed by atoms with van der Waals surface area (Å²) in [5, 5.41) is 14.2. The van der Waals surface area contributed by atoms with Gasteiger partial charge in [-0.2, -0.15) is 0 Å². The molecule has 0 saturated heterocycles. The maximum absolute atomic E-state index is 10.2. The second-order valence-electron chi connectivity index (χ2n) is 5.36. The summed E-state index contributed by atoms with van der Waals surface area (Å²) in [4.78, 5) is 0. The number of halogens is 1. The number of aliphatic hydroxyl groups is 1. The number of methoxy groups -OCH3 is 1. The summed E-state index contributed by atoms with van der Waals surface area (Å²) in [7, 11) is 1.68. The van der Waals surface area contributed by atoms with Crippen LogP contribution in [0, 0.1) is 0 Å². The van der Waals surface area contributed by atoms with Crippen LogP contribution in [0.2, 0.25) is 5.02 Å². The van der Waals surface area contributed by atoms with Gasteiger partial charge in [0.2, 0.25) is 0 Å². The van der Waals surface area contributed by atoms with Gasteiger partial charge in [0.25, 0.3) is 0 Å². The Morgan fingerprint density at radius 1 is 1.14 bits per heavy atom. The maximum Gasteiger partial charge on any atom is 0.122 e. The second-order valence-corrected chi connectivity index (χ2v) is 5.77. The van der Waals surface area contributed by atoms with Crippen molar-refractivity contribution >= 4 is 11.6 Å². The molecule has 0 saturated carbocycles. The van der Waals surface area contributed by atoms with Gasteiger partial charge >= 0.3 is 0 Å². The van der Waals surface area contributed by atoms with Crippen LogP contribution in [-0.4, -0.2) is 24.8 Å². The van der Waals surface area contributed by atoms with Gasteiger partial charge in [0.1, 0.15) is 5.75 Å². The summed E-state index contributed by atoms with van der Waals surface area (Å²) in [6, 6.07) is 15.6. The van der Waals surface area contributed by atoms with E-state index < -0.39 is 6.10 Å². The third kappa shape index (κ3) is 4.47. The molecule has 0 radical (unpaired) electrons. The fourth-order valence-corrected chi connectivity index (χ4v) is 2.70. The first-order valence-corrected chi connectivity index (χ1v) is 7.77. The molecule has 22 heavy (non-hydrogen) atoms. The summed E-state index contributed by atoms with van der Waals surface area (Å²) in [5.41, 5.74) is 1.90. The molecule has 0 heterocycles. The van der Waals surface area contributed by atoms with E-state index in [4.69, 9.17) is 16.3 Å². The fraction of sp³-hybridized carbons (Fsp3) is 0.333. The second kappa shape index (κ2) is 8.18. The molecule has 3 nitrogen and oxygen atoms in total. The minimum Gasteiger partial charge on any atom is -0.496 e. The smallest absolute Gasteiger partial charge is 0.122 e. The number of para-hydroxylation sites is 1. The number of benzene rings is 2. The van der Waals surface area contributed by atoms with E-state index in [1.165, 1.54) is 0 Å². The largest absolute Gasteiger partial charge is 0.496 e. The molecule has 0 amide bonds. The topological polar surface area (TPSA) is 41.5 Å². The Kier molecular flexibility index (Phi) is 6.25. The molecule has 2 aromatic rings. The van der Waals surface area contributed by atoms with E-state index in [9.17, 15) is 5.11 Å². The molecule has 0 aliphatic carbocycles. The summed E-state index contributed by atoms with van der Waals surface area (Å²) >= 11 is 6.10. The van der Waals surface area contributed by atoms with Gasteiger partial charge in [0, 0.05) is 23.2 Å². The van der Waals surface area contributed by atoms with Gasteiger partial charge in [0.05, 0.1) is 13.2 Å². The highest BCUT2D eigenvalue weighted by molar-refractivity contribution is 6.31. The van der Waals surface area contributed by atoms with E-state index in [0.717, 1.165) is 23.3 Å². The molecule has 0 unspecified atom stereocenters. The molecule has 2 rings (SSSR count). The maximum atomic E-state index is 10.2. The van der Waals surface area contributed by atoms with Gasteiger partial charge < -0.3 is 15.2 Å². The van der Waals surface area contributed by atoms with Gasteiger partial charge in [-0.15, -0.1) is 0 Å². The lowest BCUT2D eigenvalue weighted by atomic mass is 10.0. The number of hydrogen-bond acceptors (Lipinski definition) is 3. The van der Waals surface area contributed by atoms with Crippen LogP contribution < -0.4 is 10.1 Å². The number of ether oxygens (including phenoxy) is 1. The van der Waals surface area contributed by atoms with E-state index in [1.54, 1.807) is 13.2 Å². The highest BCUT2D eigenvalue weighted by Gasteiger charge is 2.13. The van der Waals surface area contributed by atoms with Crippen LogP contribution in [0.1, 0.15) is 24.2 Å². The molecule has 0 fully saturated rings. The minimum atomic E-state index is -0.617. The van der Waals surface area contributed by atoms with Crippen molar-refractivity contribution in [2.75, 3.05) is 13.7 Å². The Hall–Kier alpha value is -1.55. The SMILES string of the molecule is COc1ccccc1C[C@@H](C)NC[C@H](O)c1ccccc1Cl. The summed E-state index contributed by atoms with van der Waals surface area (Å²) < 4.78 is 5.36. The average molecular weight is 320 g/mol. The zero-order valence-corrected chi connectivity index (χ0v) is 13.7. The zero-order valence-electron chi connectivity index (χ0n) is 12.9. The number of nitrogens with one attached hydrogen (secondary N) is 1. The number of aliphatic hydroxyl groups excluding tert-OH is 1. The molecule has 2 N–H and O–H groups in total. The Labute approximate surface area is 136 Å². The molecule has 118 valence electrons. The van der Waals surface area contributed by atoms with Crippen LogP contribution >= 0.6 is 11.6 Å². The molecule has 2 atom stereocenters. The highest BCUT2D eigenvalue weighted by Crippen LogP contribution is 2.22. The molecular weight excluding hydrogens is 298 g/mol. The third-order valence-electron chi connectivity index (χ3n) is 3.64. The van der Waals surface area contributed by atoms with Crippen LogP contribution in [0.5, 0.6) is 5.75 Å². The molecule has 0 aliphatic rings. The van der Waals surface area contributed by atoms with Crippen LogP contribution in [-0.2, 0) is 6.42 Å². The first kappa shape index (κ1) is 16.8. The quantitative estimate of drug-likeness (QED) is 0.819. The monoisotopic (exact) mass is 319 g/mol. The Morgan fingerprint density at radius 2 is 1.82 bits per heavy atom. The van der Waals surface area contributed by atoms with Gasteiger partial charge in [-0.3, -0.25) is 0 Å². The van der Waals surface area contributed by atoms with E-state index in [2.05, 4.69) is 18.3 Å². The lowest BCUT2D eigenvalue weighted by Crippen LogP contribution is -2.32. The van der Waals surface area contributed by atoms with Gasteiger partial charge in [-0.1, -0.05) is 48.0 Å². The Balaban J connectivity index is 1.90. The van der Waals surface area contributed by atoms with E-state index >= 15 is 0 Å².